The highest BCUT2D eigenvalue weighted by Crippen LogP contribution is 2.31. The van der Waals surface area contributed by atoms with Gasteiger partial charge in [0.05, 0.1) is 11.6 Å². The van der Waals surface area contributed by atoms with Gasteiger partial charge in [-0.25, -0.2) is 0 Å². The van der Waals surface area contributed by atoms with E-state index >= 15 is 0 Å². The Morgan fingerprint density at radius 2 is 2.00 bits per heavy atom. The smallest absolute Gasteiger partial charge is 0.231 e. The van der Waals surface area contributed by atoms with Crippen LogP contribution in [0.4, 0.5) is 5.82 Å². The second kappa shape index (κ2) is 7.56. The maximum atomic E-state index is 9.59. The van der Waals surface area contributed by atoms with Crippen molar-refractivity contribution < 1.29 is 4.52 Å². The van der Waals surface area contributed by atoms with Crippen LogP contribution in [0.3, 0.4) is 0 Å². The van der Waals surface area contributed by atoms with Crippen LogP contribution < -0.4 is 4.90 Å². The van der Waals surface area contributed by atoms with E-state index in [1.54, 1.807) is 12.1 Å². The van der Waals surface area contributed by atoms with Gasteiger partial charge in [-0.3, -0.25) is 0 Å². The van der Waals surface area contributed by atoms with E-state index < -0.39 is 0 Å². The highest BCUT2D eigenvalue weighted by Gasteiger charge is 2.29. The molecule has 3 heterocycles. The van der Waals surface area contributed by atoms with Crippen molar-refractivity contribution in [1.82, 2.24) is 20.3 Å². The quantitative estimate of drug-likeness (QED) is 0.661. The Balaban J connectivity index is 1.58. The molecule has 1 fully saturated rings. The van der Waals surface area contributed by atoms with Crippen LogP contribution in [-0.2, 0) is 0 Å². The van der Waals surface area contributed by atoms with E-state index in [4.69, 9.17) is 16.1 Å². The molecular formula is C20H19ClN6O. The standard InChI is InChI=1S/C20H19ClN6O/c1-12-13(2)24-25-19(17(12)10-22)27-9-3-4-15(11-27)20-23-18(26-28-20)14-5-7-16(21)8-6-14/h5-8,15H,3-4,9,11H2,1-2H3. The molecule has 1 saturated heterocycles. The summed E-state index contributed by atoms with van der Waals surface area (Å²) in [5.41, 5.74) is 3.09. The van der Waals surface area contributed by atoms with E-state index in [9.17, 15) is 5.26 Å². The molecule has 28 heavy (non-hydrogen) atoms. The molecule has 3 aromatic rings. The molecule has 1 aromatic carbocycles. The lowest BCUT2D eigenvalue weighted by atomic mass is 9.97. The first kappa shape index (κ1) is 18.4. The molecule has 142 valence electrons. The van der Waals surface area contributed by atoms with Gasteiger partial charge in [0, 0.05) is 23.7 Å². The zero-order chi connectivity index (χ0) is 19.7. The minimum atomic E-state index is 0.0808. The molecule has 0 radical (unpaired) electrons. The lowest BCUT2D eigenvalue weighted by Crippen LogP contribution is -2.36. The van der Waals surface area contributed by atoms with Crippen LogP contribution in [0, 0.1) is 25.2 Å². The van der Waals surface area contributed by atoms with Crippen molar-refractivity contribution in [2.45, 2.75) is 32.6 Å². The van der Waals surface area contributed by atoms with Crippen LogP contribution in [0.5, 0.6) is 0 Å². The summed E-state index contributed by atoms with van der Waals surface area (Å²) in [4.78, 5) is 6.68. The summed E-state index contributed by atoms with van der Waals surface area (Å²) in [5, 5.41) is 22.9. The average Bonchev–Trinajstić information content (AvgIpc) is 3.21. The van der Waals surface area contributed by atoms with Gasteiger partial charge >= 0.3 is 0 Å². The lowest BCUT2D eigenvalue weighted by molar-refractivity contribution is 0.333. The summed E-state index contributed by atoms with van der Waals surface area (Å²) in [6.45, 7) is 5.25. The minimum Gasteiger partial charge on any atom is -0.353 e. The zero-order valence-electron chi connectivity index (χ0n) is 15.7. The van der Waals surface area contributed by atoms with Gasteiger partial charge in [0.25, 0.3) is 0 Å². The van der Waals surface area contributed by atoms with Crippen LogP contribution in [0.25, 0.3) is 11.4 Å². The van der Waals surface area contributed by atoms with Crippen LogP contribution in [0.15, 0.2) is 28.8 Å². The molecular weight excluding hydrogens is 376 g/mol. The molecule has 4 rings (SSSR count). The van der Waals surface area contributed by atoms with Crippen molar-refractivity contribution in [2.75, 3.05) is 18.0 Å². The summed E-state index contributed by atoms with van der Waals surface area (Å²) >= 11 is 5.94. The predicted octanol–water partition coefficient (Wildman–Crippen LogP) is 4.05. The molecule has 0 N–H and O–H groups in total. The summed E-state index contributed by atoms with van der Waals surface area (Å²) in [5.74, 6) is 1.86. The van der Waals surface area contributed by atoms with Crippen LogP contribution >= 0.6 is 11.6 Å². The van der Waals surface area contributed by atoms with Gasteiger partial charge in [0.2, 0.25) is 11.7 Å². The Morgan fingerprint density at radius 1 is 1.21 bits per heavy atom. The normalized spacial score (nSPS) is 16.8. The number of benzene rings is 1. The van der Waals surface area contributed by atoms with Crippen molar-refractivity contribution in [2.24, 2.45) is 0 Å². The third-order valence-electron chi connectivity index (χ3n) is 5.16. The number of piperidine rings is 1. The van der Waals surface area contributed by atoms with E-state index in [1.807, 2.05) is 26.0 Å². The van der Waals surface area contributed by atoms with E-state index in [-0.39, 0.29) is 5.92 Å². The fourth-order valence-corrected chi connectivity index (χ4v) is 3.57. The zero-order valence-corrected chi connectivity index (χ0v) is 16.4. The second-order valence-electron chi connectivity index (χ2n) is 6.97. The van der Waals surface area contributed by atoms with Crippen molar-refractivity contribution in [1.29, 1.82) is 5.26 Å². The monoisotopic (exact) mass is 394 g/mol. The highest BCUT2D eigenvalue weighted by molar-refractivity contribution is 6.30. The third-order valence-corrected chi connectivity index (χ3v) is 5.41. The van der Waals surface area contributed by atoms with Crippen molar-refractivity contribution >= 4 is 17.4 Å². The number of nitrogens with zero attached hydrogens (tertiary/aromatic N) is 6. The first-order valence-electron chi connectivity index (χ1n) is 9.15. The molecule has 0 bridgehead atoms. The molecule has 0 aliphatic carbocycles. The number of aromatic nitrogens is 4. The van der Waals surface area contributed by atoms with Crippen molar-refractivity contribution in [3.8, 4) is 17.5 Å². The molecule has 0 saturated carbocycles. The Hall–Kier alpha value is -2.98. The fourth-order valence-electron chi connectivity index (χ4n) is 3.44. The molecule has 1 unspecified atom stereocenters. The van der Waals surface area contributed by atoms with Crippen molar-refractivity contribution in [3.05, 3.63) is 52.0 Å². The van der Waals surface area contributed by atoms with E-state index in [0.29, 0.717) is 34.7 Å². The average molecular weight is 395 g/mol. The first-order valence-corrected chi connectivity index (χ1v) is 9.53. The lowest BCUT2D eigenvalue weighted by Gasteiger charge is -2.32. The van der Waals surface area contributed by atoms with E-state index in [1.165, 1.54) is 0 Å². The number of hydrogen-bond acceptors (Lipinski definition) is 7. The summed E-state index contributed by atoms with van der Waals surface area (Å²) in [6, 6.07) is 9.62. The van der Waals surface area contributed by atoms with Gasteiger partial charge in [0.1, 0.15) is 11.6 Å². The van der Waals surface area contributed by atoms with Crippen LogP contribution in [0.1, 0.15) is 41.5 Å². The maximum Gasteiger partial charge on any atom is 0.231 e. The Labute approximate surface area is 168 Å². The number of hydrogen-bond donors (Lipinski definition) is 0. The molecule has 8 heteroatoms. The molecule has 1 aliphatic heterocycles. The number of rotatable bonds is 3. The van der Waals surface area contributed by atoms with Gasteiger partial charge in [-0.2, -0.15) is 15.3 Å². The minimum absolute atomic E-state index is 0.0808. The number of anilines is 1. The van der Waals surface area contributed by atoms with Crippen LogP contribution in [0.2, 0.25) is 5.02 Å². The predicted molar refractivity (Wildman–Crippen MR) is 105 cm³/mol. The van der Waals surface area contributed by atoms with E-state index in [2.05, 4.69) is 31.3 Å². The SMILES string of the molecule is Cc1nnc(N2CCCC(c3nc(-c4ccc(Cl)cc4)no3)C2)c(C#N)c1C. The summed E-state index contributed by atoms with van der Waals surface area (Å²) in [7, 11) is 0. The van der Waals surface area contributed by atoms with Crippen LogP contribution in [-0.4, -0.2) is 33.4 Å². The summed E-state index contributed by atoms with van der Waals surface area (Å²) in [6.07, 6.45) is 1.89. The topological polar surface area (TPSA) is 91.7 Å². The molecule has 0 spiro atoms. The van der Waals surface area contributed by atoms with Gasteiger partial charge in [-0.05, 0) is 56.5 Å². The van der Waals surface area contributed by atoms with Gasteiger partial charge in [0.15, 0.2) is 5.82 Å². The fraction of sp³-hybridized carbons (Fsp3) is 0.350. The Kier molecular flexibility index (Phi) is 4.97. The maximum absolute atomic E-state index is 9.59. The second-order valence-corrected chi connectivity index (χ2v) is 7.41. The van der Waals surface area contributed by atoms with Gasteiger partial charge < -0.3 is 9.42 Å². The number of aryl methyl sites for hydroxylation is 1. The van der Waals surface area contributed by atoms with Crippen molar-refractivity contribution in [3.63, 3.8) is 0 Å². The largest absolute Gasteiger partial charge is 0.353 e. The number of nitriles is 1. The Bertz CT molecular complexity index is 1040. The number of halogens is 1. The first-order chi connectivity index (χ1) is 13.6. The van der Waals surface area contributed by atoms with Gasteiger partial charge in [-0.1, -0.05) is 16.8 Å². The molecule has 1 atom stereocenters. The Morgan fingerprint density at radius 3 is 2.75 bits per heavy atom. The molecule has 2 aromatic heterocycles. The molecule has 0 amide bonds. The molecule has 1 aliphatic rings. The summed E-state index contributed by atoms with van der Waals surface area (Å²) < 4.78 is 5.55. The van der Waals surface area contributed by atoms with Gasteiger partial charge in [-0.15, -0.1) is 5.10 Å². The highest BCUT2D eigenvalue weighted by atomic mass is 35.5. The third kappa shape index (κ3) is 3.43. The molecule has 7 nitrogen and oxygen atoms in total. The van der Waals surface area contributed by atoms with E-state index in [0.717, 1.165) is 36.2 Å².